The molecule has 3 nitrogen and oxygen atoms in total. The van der Waals surface area contributed by atoms with E-state index >= 15 is 0 Å². The first-order chi connectivity index (χ1) is 7.58. The quantitative estimate of drug-likeness (QED) is 0.439. The third kappa shape index (κ3) is 3.23. The lowest BCUT2D eigenvalue weighted by Crippen LogP contribution is -1.99. The number of rotatable bonds is 5. The Bertz CT molecular complexity index is 375. The van der Waals surface area contributed by atoms with E-state index in [0.717, 1.165) is 23.3 Å². The van der Waals surface area contributed by atoms with Crippen LogP contribution in [0.25, 0.3) is 0 Å². The zero-order chi connectivity index (χ0) is 12.1. The number of nitro groups is 1. The van der Waals surface area contributed by atoms with Crippen LogP contribution in [-0.2, 0) is 0 Å². The van der Waals surface area contributed by atoms with Crippen LogP contribution in [0, 0.1) is 17.0 Å². The minimum absolute atomic E-state index is 0.180. The normalized spacial score (nSPS) is 10.8. The highest BCUT2D eigenvalue weighted by Crippen LogP contribution is 2.32. The van der Waals surface area contributed by atoms with Gasteiger partial charge in [-0.1, -0.05) is 19.9 Å². The van der Waals surface area contributed by atoms with Crippen molar-refractivity contribution in [2.75, 3.05) is 0 Å². The van der Waals surface area contributed by atoms with Gasteiger partial charge in [-0.25, -0.2) is 0 Å². The summed E-state index contributed by atoms with van der Waals surface area (Å²) in [4.78, 5) is 11.4. The molecule has 16 heavy (non-hydrogen) atoms. The van der Waals surface area contributed by atoms with Gasteiger partial charge in [0.2, 0.25) is 0 Å². The Morgan fingerprint density at radius 3 is 2.50 bits per heavy atom. The van der Waals surface area contributed by atoms with Crippen molar-refractivity contribution in [2.24, 2.45) is 0 Å². The van der Waals surface area contributed by atoms with Crippen LogP contribution in [0.15, 0.2) is 23.1 Å². The molecule has 0 N–H and O–H groups in total. The molecule has 0 heterocycles. The fraction of sp³-hybridized carbons (Fsp3) is 0.500. The van der Waals surface area contributed by atoms with Crippen molar-refractivity contribution in [3.05, 3.63) is 33.9 Å². The summed E-state index contributed by atoms with van der Waals surface area (Å²) in [5.74, 6) is 0. The summed E-state index contributed by atoms with van der Waals surface area (Å²) in [7, 11) is 0. The van der Waals surface area contributed by atoms with E-state index in [1.165, 1.54) is 0 Å². The van der Waals surface area contributed by atoms with Gasteiger partial charge in [0.15, 0.2) is 0 Å². The number of aryl methyl sites for hydroxylation is 1. The summed E-state index contributed by atoms with van der Waals surface area (Å²) in [6, 6.07) is 5.06. The van der Waals surface area contributed by atoms with Crippen LogP contribution in [-0.4, -0.2) is 10.2 Å². The van der Waals surface area contributed by atoms with Crippen LogP contribution >= 0.6 is 11.8 Å². The lowest BCUT2D eigenvalue weighted by molar-refractivity contribution is -0.385. The van der Waals surface area contributed by atoms with Gasteiger partial charge in [0.05, 0.1) is 4.92 Å². The molecule has 0 aliphatic rings. The fourth-order valence-electron chi connectivity index (χ4n) is 1.46. The summed E-state index contributed by atoms with van der Waals surface area (Å²) < 4.78 is 0. The van der Waals surface area contributed by atoms with Gasteiger partial charge in [0.25, 0.3) is 5.69 Å². The minimum atomic E-state index is -0.337. The van der Waals surface area contributed by atoms with E-state index < -0.39 is 0 Å². The zero-order valence-corrected chi connectivity index (χ0v) is 10.7. The van der Waals surface area contributed by atoms with Crippen molar-refractivity contribution in [1.82, 2.24) is 0 Å². The van der Waals surface area contributed by atoms with Gasteiger partial charge >= 0.3 is 0 Å². The molecule has 1 aromatic carbocycles. The Morgan fingerprint density at radius 1 is 1.38 bits per heavy atom. The van der Waals surface area contributed by atoms with Crippen LogP contribution in [0.5, 0.6) is 0 Å². The zero-order valence-electron chi connectivity index (χ0n) is 9.90. The first-order valence-electron chi connectivity index (χ1n) is 5.50. The molecule has 0 amide bonds. The number of non-ortho nitro benzene ring substituents is 1. The maximum atomic E-state index is 10.7. The highest BCUT2D eigenvalue weighted by molar-refractivity contribution is 8.00. The molecule has 4 heteroatoms. The van der Waals surface area contributed by atoms with Gasteiger partial charge in [-0.15, -0.1) is 11.8 Å². The molecule has 88 valence electrons. The molecule has 0 saturated heterocycles. The van der Waals surface area contributed by atoms with Crippen LogP contribution in [0.1, 0.15) is 32.3 Å². The Labute approximate surface area is 100 Å². The van der Waals surface area contributed by atoms with E-state index in [9.17, 15) is 10.1 Å². The number of thioether (sulfide) groups is 1. The first-order valence-corrected chi connectivity index (χ1v) is 6.38. The van der Waals surface area contributed by atoms with Crippen molar-refractivity contribution in [3.63, 3.8) is 0 Å². The van der Waals surface area contributed by atoms with Crippen molar-refractivity contribution in [1.29, 1.82) is 0 Å². The second-order valence-corrected chi connectivity index (χ2v) is 5.11. The number of nitro benzene ring substituents is 1. The van der Waals surface area contributed by atoms with Crippen molar-refractivity contribution >= 4 is 17.4 Å². The third-order valence-corrected chi connectivity index (χ3v) is 4.28. The van der Waals surface area contributed by atoms with E-state index in [2.05, 4.69) is 13.8 Å². The average molecular weight is 239 g/mol. The van der Waals surface area contributed by atoms with Crippen LogP contribution in [0.4, 0.5) is 5.69 Å². The predicted molar refractivity (Wildman–Crippen MR) is 68.1 cm³/mol. The number of nitrogens with zero attached hydrogens (tertiary/aromatic N) is 1. The number of hydrogen-bond acceptors (Lipinski definition) is 3. The van der Waals surface area contributed by atoms with Gasteiger partial charge in [-0.2, -0.15) is 0 Å². The molecule has 0 aromatic heterocycles. The standard InChI is InChI=1S/C12H17NO2S/c1-4-11(5-2)16-12-8-10(13(14)15)7-6-9(12)3/h6-8,11H,4-5H2,1-3H3. The smallest absolute Gasteiger partial charge is 0.258 e. The molecule has 0 atom stereocenters. The topological polar surface area (TPSA) is 43.1 Å². The van der Waals surface area contributed by atoms with Crippen molar-refractivity contribution in [2.45, 2.75) is 43.8 Å². The van der Waals surface area contributed by atoms with E-state index in [1.807, 2.05) is 13.0 Å². The van der Waals surface area contributed by atoms with Gasteiger partial charge in [-0.3, -0.25) is 10.1 Å². The summed E-state index contributed by atoms with van der Waals surface area (Å²) in [6.07, 6.45) is 2.17. The van der Waals surface area contributed by atoms with Crippen LogP contribution in [0.2, 0.25) is 0 Å². The van der Waals surface area contributed by atoms with E-state index in [1.54, 1.807) is 23.9 Å². The maximum absolute atomic E-state index is 10.7. The van der Waals surface area contributed by atoms with Gasteiger partial charge in [-0.05, 0) is 25.3 Å². The Hall–Kier alpha value is -1.03. The Kier molecular flexibility index (Phi) is 4.80. The summed E-state index contributed by atoms with van der Waals surface area (Å²) in [5, 5.41) is 11.2. The van der Waals surface area contributed by atoms with Crippen LogP contribution < -0.4 is 0 Å². The van der Waals surface area contributed by atoms with E-state index in [0.29, 0.717) is 5.25 Å². The molecule has 0 fully saturated rings. The van der Waals surface area contributed by atoms with Crippen LogP contribution in [0.3, 0.4) is 0 Å². The third-order valence-electron chi connectivity index (χ3n) is 2.59. The summed E-state index contributed by atoms with van der Waals surface area (Å²) in [5.41, 5.74) is 1.29. The second-order valence-electron chi connectivity index (χ2n) is 3.76. The molecule has 0 radical (unpaired) electrons. The molecule has 0 unspecified atom stereocenters. The molecule has 1 aromatic rings. The predicted octanol–water partition coefficient (Wildman–Crippen LogP) is 4.18. The largest absolute Gasteiger partial charge is 0.270 e. The summed E-state index contributed by atoms with van der Waals surface area (Å²) in [6.45, 7) is 6.29. The minimum Gasteiger partial charge on any atom is -0.258 e. The maximum Gasteiger partial charge on any atom is 0.270 e. The SMILES string of the molecule is CCC(CC)Sc1cc([N+](=O)[O-])ccc1C. The Morgan fingerprint density at radius 2 is 2.00 bits per heavy atom. The molecule has 0 aliphatic heterocycles. The highest BCUT2D eigenvalue weighted by Gasteiger charge is 2.12. The number of benzene rings is 1. The lowest BCUT2D eigenvalue weighted by atomic mass is 10.2. The molecule has 0 aliphatic carbocycles. The molecule has 0 bridgehead atoms. The molecular formula is C12H17NO2S. The average Bonchev–Trinajstić information content (AvgIpc) is 2.27. The second kappa shape index (κ2) is 5.89. The molecule has 1 rings (SSSR count). The van der Waals surface area contributed by atoms with Crippen molar-refractivity contribution < 1.29 is 4.92 Å². The number of hydrogen-bond donors (Lipinski definition) is 0. The monoisotopic (exact) mass is 239 g/mol. The van der Waals surface area contributed by atoms with Gasteiger partial charge in [0, 0.05) is 22.3 Å². The van der Waals surface area contributed by atoms with Crippen molar-refractivity contribution in [3.8, 4) is 0 Å². The van der Waals surface area contributed by atoms with E-state index in [4.69, 9.17) is 0 Å². The van der Waals surface area contributed by atoms with Gasteiger partial charge in [0.1, 0.15) is 0 Å². The lowest BCUT2D eigenvalue weighted by Gasteiger charge is -2.13. The fourth-order valence-corrected chi connectivity index (χ4v) is 2.60. The highest BCUT2D eigenvalue weighted by atomic mass is 32.2. The molecule has 0 spiro atoms. The first kappa shape index (κ1) is 13.0. The Balaban J connectivity index is 2.93. The molecular weight excluding hydrogens is 222 g/mol. The molecule has 0 saturated carbocycles. The summed E-state index contributed by atoms with van der Waals surface area (Å²) >= 11 is 1.74. The van der Waals surface area contributed by atoms with Gasteiger partial charge < -0.3 is 0 Å². The van der Waals surface area contributed by atoms with E-state index in [-0.39, 0.29) is 10.6 Å².